The molecule has 2 rings (SSSR count). The predicted octanol–water partition coefficient (Wildman–Crippen LogP) is 0.990. The van der Waals surface area contributed by atoms with Gasteiger partial charge in [-0.25, -0.2) is 4.79 Å². The molecule has 2 atom stereocenters. The molecule has 0 bridgehead atoms. The molecule has 0 aliphatic carbocycles. The first-order valence-electron chi connectivity index (χ1n) is 5.21. The number of fused-ring (bicyclic) bond motifs is 1. The Kier molecular flexibility index (Phi) is 2.39. The van der Waals surface area contributed by atoms with Crippen molar-refractivity contribution < 1.29 is 14.6 Å². The van der Waals surface area contributed by atoms with Crippen LogP contribution in [-0.2, 0) is 4.74 Å². The quantitative estimate of drug-likeness (QED) is 0.721. The molecule has 0 aromatic carbocycles. The number of piperidine rings is 1. The second-order valence-corrected chi connectivity index (χ2v) is 4.57. The minimum absolute atomic E-state index is 0.116. The van der Waals surface area contributed by atoms with Gasteiger partial charge < -0.3 is 9.84 Å². The number of ether oxygens (including phenoxy) is 1. The number of hydrogen-bond donors (Lipinski definition) is 1. The molecule has 0 aromatic heterocycles. The molecule has 14 heavy (non-hydrogen) atoms. The molecule has 2 fully saturated rings. The van der Waals surface area contributed by atoms with E-state index in [-0.39, 0.29) is 18.2 Å². The maximum Gasteiger partial charge on any atom is 0.410 e. The Morgan fingerprint density at radius 3 is 3.21 bits per heavy atom. The number of carbonyl (C=O) groups excluding carboxylic acids is 1. The van der Waals surface area contributed by atoms with Gasteiger partial charge in [0.1, 0.15) is 6.61 Å². The summed E-state index contributed by atoms with van der Waals surface area (Å²) in [5.74, 6) is 0.538. The monoisotopic (exact) mass is 199 g/mol. The Morgan fingerprint density at radius 2 is 2.50 bits per heavy atom. The molecule has 2 saturated heterocycles. The number of nitrogens with zero attached hydrogens (tertiary/aromatic N) is 1. The average molecular weight is 199 g/mol. The molecule has 2 aliphatic heterocycles. The molecule has 0 spiro atoms. The van der Waals surface area contributed by atoms with Crippen molar-refractivity contribution in [3.8, 4) is 0 Å². The van der Waals surface area contributed by atoms with Gasteiger partial charge in [0.25, 0.3) is 0 Å². The van der Waals surface area contributed by atoms with Crippen molar-refractivity contribution in [3.63, 3.8) is 0 Å². The van der Waals surface area contributed by atoms with Gasteiger partial charge in [0.2, 0.25) is 0 Å². The lowest BCUT2D eigenvalue weighted by atomic mass is 9.81. The number of rotatable bonds is 2. The van der Waals surface area contributed by atoms with Crippen LogP contribution in [0.3, 0.4) is 0 Å². The summed E-state index contributed by atoms with van der Waals surface area (Å²) in [5.41, 5.74) is -0.116. The largest absolute Gasteiger partial charge is 0.447 e. The lowest BCUT2D eigenvalue weighted by Gasteiger charge is -2.40. The minimum atomic E-state index is -0.171. The zero-order valence-electron chi connectivity index (χ0n) is 8.53. The zero-order chi connectivity index (χ0) is 10.2. The van der Waals surface area contributed by atoms with Crippen molar-refractivity contribution in [1.29, 1.82) is 0 Å². The van der Waals surface area contributed by atoms with Crippen molar-refractivity contribution in [3.05, 3.63) is 0 Å². The highest BCUT2D eigenvalue weighted by Crippen LogP contribution is 2.37. The SMILES string of the molecule is C[C@@]12COC(=O)N1CCC(CCO)C2. The smallest absolute Gasteiger partial charge is 0.410 e. The van der Waals surface area contributed by atoms with Crippen LogP contribution in [0.25, 0.3) is 0 Å². The van der Waals surface area contributed by atoms with Gasteiger partial charge in [-0.05, 0) is 32.1 Å². The van der Waals surface area contributed by atoms with Crippen LogP contribution >= 0.6 is 0 Å². The summed E-state index contributed by atoms with van der Waals surface area (Å²) in [6.45, 7) is 3.60. The molecule has 0 radical (unpaired) electrons. The summed E-state index contributed by atoms with van der Waals surface area (Å²) in [7, 11) is 0. The van der Waals surface area contributed by atoms with Crippen LogP contribution in [-0.4, -0.2) is 41.4 Å². The maximum atomic E-state index is 11.3. The standard InChI is InChI=1S/C10H17NO3/c1-10-6-8(3-5-12)2-4-11(10)9(13)14-7-10/h8,12H,2-7H2,1H3/t8?,10-/m1/s1. The fraction of sp³-hybridized carbons (Fsp3) is 0.900. The second kappa shape index (κ2) is 3.42. The third-order valence-corrected chi connectivity index (χ3v) is 3.41. The Labute approximate surface area is 83.8 Å². The van der Waals surface area contributed by atoms with Gasteiger partial charge in [-0.2, -0.15) is 0 Å². The van der Waals surface area contributed by atoms with Gasteiger partial charge in [0, 0.05) is 13.2 Å². The van der Waals surface area contributed by atoms with Crippen LogP contribution in [0.2, 0.25) is 0 Å². The van der Waals surface area contributed by atoms with E-state index in [9.17, 15) is 4.79 Å². The van der Waals surface area contributed by atoms with Gasteiger partial charge in [-0.15, -0.1) is 0 Å². The van der Waals surface area contributed by atoms with E-state index < -0.39 is 0 Å². The van der Waals surface area contributed by atoms with Crippen molar-refractivity contribution in [2.75, 3.05) is 19.8 Å². The highest BCUT2D eigenvalue weighted by atomic mass is 16.6. The zero-order valence-corrected chi connectivity index (χ0v) is 8.53. The molecule has 80 valence electrons. The van der Waals surface area contributed by atoms with E-state index in [1.165, 1.54) is 0 Å². The lowest BCUT2D eigenvalue weighted by Crippen LogP contribution is -2.50. The fourth-order valence-electron chi connectivity index (χ4n) is 2.59. The van der Waals surface area contributed by atoms with Gasteiger partial charge in [-0.1, -0.05) is 0 Å². The van der Waals surface area contributed by atoms with Gasteiger partial charge in [-0.3, -0.25) is 4.90 Å². The number of amides is 1. The van der Waals surface area contributed by atoms with E-state index >= 15 is 0 Å². The van der Waals surface area contributed by atoms with Crippen LogP contribution in [0, 0.1) is 5.92 Å². The summed E-state index contributed by atoms with van der Waals surface area (Å²) in [6.07, 6.45) is 2.62. The maximum absolute atomic E-state index is 11.3. The molecule has 0 saturated carbocycles. The molecule has 4 nitrogen and oxygen atoms in total. The van der Waals surface area contributed by atoms with Gasteiger partial charge >= 0.3 is 6.09 Å². The van der Waals surface area contributed by atoms with E-state index in [0.717, 1.165) is 25.8 Å². The summed E-state index contributed by atoms with van der Waals surface area (Å²) in [5, 5.41) is 8.88. The molecule has 2 heterocycles. The van der Waals surface area contributed by atoms with Crippen LogP contribution in [0.5, 0.6) is 0 Å². The van der Waals surface area contributed by atoms with Crippen molar-refractivity contribution in [1.82, 2.24) is 4.90 Å². The minimum Gasteiger partial charge on any atom is -0.447 e. The van der Waals surface area contributed by atoms with Crippen LogP contribution in [0.1, 0.15) is 26.2 Å². The van der Waals surface area contributed by atoms with E-state index in [1.807, 2.05) is 4.90 Å². The first kappa shape index (κ1) is 9.77. The molecule has 1 amide bonds. The lowest BCUT2D eigenvalue weighted by molar-refractivity contribution is 0.0877. The van der Waals surface area contributed by atoms with Crippen LogP contribution in [0.4, 0.5) is 4.79 Å². The van der Waals surface area contributed by atoms with Gasteiger partial charge in [0.15, 0.2) is 0 Å². The number of carbonyl (C=O) groups is 1. The fourth-order valence-corrected chi connectivity index (χ4v) is 2.59. The Balaban J connectivity index is 2.04. The summed E-state index contributed by atoms with van der Waals surface area (Å²) >= 11 is 0. The third kappa shape index (κ3) is 1.47. The van der Waals surface area contributed by atoms with E-state index in [0.29, 0.717) is 12.5 Å². The Hall–Kier alpha value is -0.770. The number of aliphatic hydroxyl groups excluding tert-OH is 1. The molecule has 2 aliphatic rings. The van der Waals surface area contributed by atoms with Crippen molar-refractivity contribution >= 4 is 6.09 Å². The molecular weight excluding hydrogens is 182 g/mol. The first-order valence-corrected chi connectivity index (χ1v) is 5.21. The molecule has 0 aromatic rings. The van der Waals surface area contributed by atoms with E-state index in [4.69, 9.17) is 9.84 Å². The highest BCUT2D eigenvalue weighted by molar-refractivity contribution is 5.71. The first-order chi connectivity index (χ1) is 6.65. The molecule has 4 heteroatoms. The molecular formula is C10H17NO3. The summed E-state index contributed by atoms with van der Waals surface area (Å²) in [4.78, 5) is 13.2. The van der Waals surface area contributed by atoms with Crippen molar-refractivity contribution in [2.24, 2.45) is 5.92 Å². The van der Waals surface area contributed by atoms with Crippen LogP contribution < -0.4 is 0 Å². The third-order valence-electron chi connectivity index (χ3n) is 3.41. The number of aliphatic hydroxyl groups is 1. The average Bonchev–Trinajstić information content (AvgIpc) is 2.43. The topological polar surface area (TPSA) is 49.8 Å². The number of hydrogen-bond acceptors (Lipinski definition) is 3. The van der Waals surface area contributed by atoms with Crippen molar-refractivity contribution in [2.45, 2.75) is 31.7 Å². The highest BCUT2D eigenvalue weighted by Gasteiger charge is 2.47. The van der Waals surface area contributed by atoms with Crippen LogP contribution in [0.15, 0.2) is 0 Å². The van der Waals surface area contributed by atoms with Gasteiger partial charge in [0.05, 0.1) is 5.54 Å². The Bertz CT molecular complexity index is 244. The molecule has 1 unspecified atom stereocenters. The van der Waals surface area contributed by atoms with E-state index in [2.05, 4.69) is 6.92 Å². The summed E-state index contributed by atoms with van der Waals surface area (Å²) < 4.78 is 5.05. The normalized spacial score (nSPS) is 36.9. The Morgan fingerprint density at radius 1 is 1.71 bits per heavy atom. The summed E-state index contributed by atoms with van der Waals surface area (Å²) in [6, 6.07) is 0. The molecule has 1 N–H and O–H groups in total. The predicted molar refractivity (Wildman–Crippen MR) is 50.9 cm³/mol. The second-order valence-electron chi connectivity index (χ2n) is 4.57. The number of cyclic esters (lactones) is 1. The van der Waals surface area contributed by atoms with E-state index in [1.54, 1.807) is 0 Å².